The number of carbonyl (C=O) groups is 2. The summed E-state index contributed by atoms with van der Waals surface area (Å²) < 4.78 is 5.23. The Morgan fingerprint density at radius 3 is 2.69 bits per heavy atom. The number of nitrogens with zero attached hydrogens (tertiary/aromatic N) is 1. The van der Waals surface area contributed by atoms with Crippen LogP contribution in [0.5, 0.6) is 0 Å². The number of ether oxygens (including phenoxy) is 1. The number of unbranched alkanes of at least 4 members (excludes halogenated alkanes) is 1. The Morgan fingerprint density at radius 1 is 1.25 bits per heavy atom. The maximum Gasteiger partial charge on any atom is 0.316 e. The number of dihydropyridines is 1. The van der Waals surface area contributed by atoms with Gasteiger partial charge in [0.2, 0.25) is 0 Å². The van der Waals surface area contributed by atoms with E-state index in [0.29, 0.717) is 34.2 Å². The second-order valence-corrected chi connectivity index (χ2v) is 9.11. The Bertz CT molecular complexity index is 1050. The van der Waals surface area contributed by atoms with Crippen LogP contribution in [0, 0.1) is 11.3 Å². The average molecular weight is 468 g/mol. The summed E-state index contributed by atoms with van der Waals surface area (Å²) in [7, 11) is 0. The molecular formula is C24H25N3O3S2. The molecule has 0 aliphatic carbocycles. The number of esters is 1. The SMILES string of the molecule is CCCCOC(=O)CSC1=C(C#N)C(c2cccs2)C(C(=O)Nc2ccccc2)=C(C)N1. The van der Waals surface area contributed by atoms with E-state index in [1.807, 2.05) is 61.7 Å². The van der Waals surface area contributed by atoms with Gasteiger partial charge in [-0.3, -0.25) is 9.59 Å². The first-order chi connectivity index (χ1) is 15.5. The number of para-hydroxylation sites is 1. The number of thiophene rings is 1. The van der Waals surface area contributed by atoms with Gasteiger partial charge in [0.05, 0.1) is 34.9 Å². The van der Waals surface area contributed by atoms with Gasteiger partial charge in [0.25, 0.3) is 5.91 Å². The van der Waals surface area contributed by atoms with Gasteiger partial charge >= 0.3 is 5.97 Å². The molecule has 0 bridgehead atoms. The number of benzene rings is 1. The van der Waals surface area contributed by atoms with E-state index in [9.17, 15) is 14.9 Å². The smallest absolute Gasteiger partial charge is 0.316 e. The molecule has 0 saturated carbocycles. The van der Waals surface area contributed by atoms with Gasteiger partial charge in [0, 0.05) is 21.8 Å². The molecule has 1 atom stereocenters. The van der Waals surface area contributed by atoms with Gasteiger partial charge < -0.3 is 15.4 Å². The summed E-state index contributed by atoms with van der Waals surface area (Å²) in [6.07, 6.45) is 1.77. The molecule has 0 radical (unpaired) electrons. The van der Waals surface area contributed by atoms with Crippen molar-refractivity contribution in [2.24, 2.45) is 0 Å². The van der Waals surface area contributed by atoms with Crippen LogP contribution in [0.3, 0.4) is 0 Å². The summed E-state index contributed by atoms with van der Waals surface area (Å²) in [6, 6.07) is 15.3. The van der Waals surface area contributed by atoms with E-state index in [2.05, 4.69) is 16.7 Å². The van der Waals surface area contributed by atoms with Gasteiger partial charge in [-0.25, -0.2) is 0 Å². The third kappa shape index (κ3) is 5.81. The summed E-state index contributed by atoms with van der Waals surface area (Å²) in [5.74, 6) is -1.01. The number of rotatable bonds is 9. The van der Waals surface area contributed by atoms with E-state index in [1.165, 1.54) is 23.1 Å². The number of anilines is 1. The molecule has 1 aromatic carbocycles. The molecule has 0 spiro atoms. The van der Waals surface area contributed by atoms with Crippen molar-refractivity contribution in [2.45, 2.75) is 32.6 Å². The predicted octanol–water partition coefficient (Wildman–Crippen LogP) is 5.16. The third-order valence-corrected chi connectivity index (χ3v) is 6.77. The number of nitriles is 1. The molecule has 8 heteroatoms. The standard InChI is InChI=1S/C24H25N3O3S2/c1-3-4-12-30-20(28)15-32-24-18(14-25)22(19-11-8-13-31-19)21(16(2)26-24)23(29)27-17-9-6-5-7-10-17/h5-11,13,22,26H,3-4,12,15H2,1-2H3,(H,27,29). The number of hydrogen-bond acceptors (Lipinski definition) is 7. The fourth-order valence-corrected chi connectivity index (χ4v) is 5.02. The Morgan fingerprint density at radius 2 is 2.03 bits per heavy atom. The molecule has 0 fully saturated rings. The van der Waals surface area contributed by atoms with Gasteiger partial charge in [-0.2, -0.15) is 5.26 Å². The van der Waals surface area contributed by atoms with Gasteiger partial charge in [-0.15, -0.1) is 11.3 Å². The summed E-state index contributed by atoms with van der Waals surface area (Å²) in [6.45, 7) is 4.24. The Balaban J connectivity index is 1.86. The fraction of sp³-hybridized carbons (Fsp3) is 0.292. The van der Waals surface area contributed by atoms with Crippen molar-refractivity contribution < 1.29 is 14.3 Å². The number of amides is 1. The van der Waals surface area contributed by atoms with Crippen molar-refractivity contribution in [3.8, 4) is 6.07 Å². The quantitative estimate of drug-likeness (QED) is 0.391. The van der Waals surface area contributed by atoms with Crippen LogP contribution in [0.4, 0.5) is 5.69 Å². The number of carbonyl (C=O) groups excluding carboxylic acids is 2. The summed E-state index contributed by atoms with van der Waals surface area (Å²) in [5.41, 5.74) is 2.24. The highest BCUT2D eigenvalue weighted by Crippen LogP contribution is 2.42. The molecular weight excluding hydrogens is 442 g/mol. The van der Waals surface area contributed by atoms with Crippen molar-refractivity contribution >= 4 is 40.7 Å². The first kappa shape index (κ1) is 23.6. The Kier molecular flexibility index (Phi) is 8.54. The monoisotopic (exact) mass is 467 g/mol. The van der Waals surface area contributed by atoms with E-state index in [1.54, 1.807) is 0 Å². The van der Waals surface area contributed by atoms with Crippen molar-refractivity contribution in [2.75, 3.05) is 17.7 Å². The lowest BCUT2D eigenvalue weighted by molar-refractivity contribution is -0.140. The zero-order chi connectivity index (χ0) is 22.9. The maximum absolute atomic E-state index is 13.2. The predicted molar refractivity (Wildman–Crippen MR) is 129 cm³/mol. The molecule has 3 rings (SSSR count). The van der Waals surface area contributed by atoms with Gasteiger partial charge in [0.1, 0.15) is 0 Å². The van der Waals surface area contributed by atoms with E-state index in [4.69, 9.17) is 4.74 Å². The maximum atomic E-state index is 13.2. The van der Waals surface area contributed by atoms with Crippen LogP contribution in [0.2, 0.25) is 0 Å². The molecule has 0 saturated heterocycles. The zero-order valence-corrected chi connectivity index (χ0v) is 19.6. The van der Waals surface area contributed by atoms with Crippen molar-refractivity contribution in [1.29, 1.82) is 5.26 Å². The summed E-state index contributed by atoms with van der Waals surface area (Å²) >= 11 is 2.72. The lowest BCUT2D eigenvalue weighted by Crippen LogP contribution is -2.30. The Labute approximate surface area is 196 Å². The molecule has 1 aliphatic rings. The number of nitrogens with one attached hydrogen (secondary N) is 2. The molecule has 1 aromatic heterocycles. The minimum Gasteiger partial charge on any atom is -0.465 e. The van der Waals surface area contributed by atoms with Crippen LogP contribution < -0.4 is 10.6 Å². The van der Waals surface area contributed by atoms with E-state index >= 15 is 0 Å². The second-order valence-electron chi connectivity index (χ2n) is 7.15. The van der Waals surface area contributed by atoms with Crippen LogP contribution in [0.15, 0.2) is 69.7 Å². The number of hydrogen-bond donors (Lipinski definition) is 2. The molecule has 1 amide bonds. The normalized spacial score (nSPS) is 15.7. The van der Waals surface area contributed by atoms with Crippen LogP contribution in [-0.4, -0.2) is 24.2 Å². The number of allylic oxidation sites excluding steroid dienone is 2. The van der Waals surface area contributed by atoms with Crippen LogP contribution in [0.25, 0.3) is 0 Å². The number of thioether (sulfide) groups is 1. The average Bonchev–Trinajstić information content (AvgIpc) is 3.32. The first-order valence-electron chi connectivity index (χ1n) is 10.3. The van der Waals surface area contributed by atoms with E-state index < -0.39 is 5.92 Å². The highest BCUT2D eigenvalue weighted by atomic mass is 32.2. The third-order valence-electron chi connectivity index (χ3n) is 4.85. The molecule has 2 heterocycles. The summed E-state index contributed by atoms with van der Waals surface area (Å²) in [5, 5.41) is 18.6. The topological polar surface area (TPSA) is 91.2 Å². The Hall–Kier alpha value is -3.02. The van der Waals surface area contributed by atoms with E-state index in [0.717, 1.165) is 17.7 Å². The molecule has 1 aliphatic heterocycles. The molecule has 2 N–H and O–H groups in total. The minimum atomic E-state index is -0.511. The molecule has 6 nitrogen and oxygen atoms in total. The van der Waals surface area contributed by atoms with Gasteiger partial charge in [0.15, 0.2) is 0 Å². The van der Waals surface area contributed by atoms with Gasteiger partial charge in [-0.05, 0) is 36.9 Å². The molecule has 166 valence electrons. The van der Waals surface area contributed by atoms with Crippen molar-refractivity contribution in [3.63, 3.8) is 0 Å². The molecule has 2 aromatic rings. The lowest BCUT2D eigenvalue weighted by Gasteiger charge is -2.29. The first-order valence-corrected chi connectivity index (χ1v) is 12.2. The second kappa shape index (κ2) is 11.6. The molecule has 1 unspecified atom stereocenters. The highest BCUT2D eigenvalue weighted by molar-refractivity contribution is 8.03. The van der Waals surface area contributed by atoms with Crippen LogP contribution in [0.1, 0.15) is 37.5 Å². The van der Waals surface area contributed by atoms with Crippen molar-refractivity contribution in [3.05, 3.63) is 74.6 Å². The van der Waals surface area contributed by atoms with Crippen LogP contribution in [-0.2, 0) is 14.3 Å². The van der Waals surface area contributed by atoms with E-state index in [-0.39, 0.29) is 17.6 Å². The minimum absolute atomic E-state index is 0.0905. The van der Waals surface area contributed by atoms with Gasteiger partial charge in [-0.1, -0.05) is 49.4 Å². The molecule has 32 heavy (non-hydrogen) atoms. The zero-order valence-electron chi connectivity index (χ0n) is 18.0. The fourth-order valence-electron chi connectivity index (χ4n) is 3.29. The lowest BCUT2D eigenvalue weighted by atomic mass is 9.86. The summed E-state index contributed by atoms with van der Waals surface area (Å²) in [4.78, 5) is 26.2. The highest BCUT2D eigenvalue weighted by Gasteiger charge is 2.35. The van der Waals surface area contributed by atoms with Crippen LogP contribution >= 0.6 is 23.1 Å². The van der Waals surface area contributed by atoms with Crippen molar-refractivity contribution in [1.82, 2.24) is 5.32 Å². The largest absolute Gasteiger partial charge is 0.465 e.